The molecule has 1 aromatic heterocycles. The van der Waals surface area contributed by atoms with E-state index in [1.165, 1.54) is 10.6 Å². The van der Waals surface area contributed by atoms with E-state index in [-0.39, 0.29) is 30.2 Å². The van der Waals surface area contributed by atoms with Crippen LogP contribution in [0.3, 0.4) is 0 Å². The van der Waals surface area contributed by atoms with Gasteiger partial charge in [-0.25, -0.2) is 0 Å². The molecule has 21 heavy (non-hydrogen) atoms. The molecular weight excluding hydrogens is 270 g/mol. The number of carbonyl (C=O) groups is 1. The number of nitrogens with zero attached hydrogens (tertiary/aromatic N) is 3. The largest absolute Gasteiger partial charge is 0.478 e. The summed E-state index contributed by atoms with van der Waals surface area (Å²) in [7, 11) is 1.72. The van der Waals surface area contributed by atoms with E-state index in [0.29, 0.717) is 13.1 Å². The van der Waals surface area contributed by atoms with Gasteiger partial charge in [0.05, 0.1) is 12.5 Å². The van der Waals surface area contributed by atoms with Crippen LogP contribution < -0.4 is 10.3 Å². The summed E-state index contributed by atoms with van der Waals surface area (Å²) in [5.41, 5.74) is -0.322. The van der Waals surface area contributed by atoms with Crippen LogP contribution in [-0.2, 0) is 11.3 Å². The number of pyridine rings is 1. The smallest absolute Gasteiger partial charge is 0.292 e. The molecule has 0 aliphatic rings. The molecule has 0 fully saturated rings. The van der Waals surface area contributed by atoms with Gasteiger partial charge in [-0.3, -0.25) is 9.59 Å². The normalized spacial score (nSPS) is 9.95. The second kappa shape index (κ2) is 8.80. The van der Waals surface area contributed by atoms with Crippen LogP contribution in [0.15, 0.2) is 23.1 Å². The Morgan fingerprint density at radius 2 is 2.29 bits per heavy atom. The Labute approximate surface area is 124 Å². The SMILES string of the molecule is CCCCN(C)C(=O)COc1cccn(CCC#N)c1=O. The number of ether oxygens (including phenoxy) is 1. The number of nitriles is 1. The van der Waals surface area contributed by atoms with Crippen molar-refractivity contribution in [2.75, 3.05) is 20.2 Å². The minimum atomic E-state index is -0.322. The third-order valence-corrected chi connectivity index (χ3v) is 3.07. The lowest BCUT2D eigenvalue weighted by Crippen LogP contribution is -2.33. The van der Waals surface area contributed by atoms with Crippen LogP contribution in [0.2, 0.25) is 0 Å². The Morgan fingerprint density at radius 1 is 1.52 bits per heavy atom. The molecule has 0 N–H and O–H groups in total. The van der Waals surface area contributed by atoms with Gasteiger partial charge in [-0.15, -0.1) is 0 Å². The third-order valence-electron chi connectivity index (χ3n) is 3.07. The number of aryl methyl sites for hydroxylation is 1. The molecule has 0 saturated carbocycles. The maximum absolute atomic E-state index is 12.0. The van der Waals surface area contributed by atoms with Gasteiger partial charge in [0.1, 0.15) is 0 Å². The van der Waals surface area contributed by atoms with Gasteiger partial charge in [-0.05, 0) is 18.6 Å². The van der Waals surface area contributed by atoms with Gasteiger partial charge in [0.15, 0.2) is 12.4 Å². The van der Waals surface area contributed by atoms with Crippen molar-refractivity contribution in [2.45, 2.75) is 32.7 Å². The number of hydrogen-bond donors (Lipinski definition) is 0. The molecule has 6 nitrogen and oxygen atoms in total. The first-order chi connectivity index (χ1) is 10.1. The Morgan fingerprint density at radius 3 is 2.95 bits per heavy atom. The zero-order chi connectivity index (χ0) is 15.7. The van der Waals surface area contributed by atoms with E-state index in [2.05, 4.69) is 6.92 Å². The molecule has 0 spiro atoms. The number of carbonyl (C=O) groups excluding carboxylic acids is 1. The van der Waals surface area contributed by atoms with Gasteiger partial charge >= 0.3 is 0 Å². The van der Waals surface area contributed by atoms with Crippen molar-refractivity contribution >= 4 is 5.91 Å². The summed E-state index contributed by atoms with van der Waals surface area (Å²) in [4.78, 5) is 25.5. The predicted molar refractivity (Wildman–Crippen MR) is 79.0 cm³/mol. The van der Waals surface area contributed by atoms with Gasteiger partial charge in [-0.1, -0.05) is 13.3 Å². The molecule has 0 aliphatic carbocycles. The molecule has 1 rings (SSSR count). The van der Waals surface area contributed by atoms with Crippen LogP contribution in [0.25, 0.3) is 0 Å². The highest BCUT2D eigenvalue weighted by atomic mass is 16.5. The van der Waals surface area contributed by atoms with E-state index in [4.69, 9.17) is 10.00 Å². The lowest BCUT2D eigenvalue weighted by Gasteiger charge is -2.17. The first-order valence-corrected chi connectivity index (χ1v) is 7.03. The minimum absolute atomic E-state index is 0.132. The molecule has 0 aromatic carbocycles. The summed E-state index contributed by atoms with van der Waals surface area (Å²) in [5.74, 6) is -0.0250. The molecule has 1 heterocycles. The molecule has 6 heteroatoms. The van der Waals surface area contributed by atoms with E-state index in [9.17, 15) is 9.59 Å². The number of amides is 1. The molecule has 0 unspecified atom stereocenters. The summed E-state index contributed by atoms with van der Waals surface area (Å²) in [6.07, 6.45) is 3.80. The molecular formula is C15H21N3O3. The molecule has 0 atom stereocenters. The molecule has 1 amide bonds. The average Bonchev–Trinajstić information content (AvgIpc) is 2.50. The van der Waals surface area contributed by atoms with E-state index in [1.54, 1.807) is 24.2 Å². The van der Waals surface area contributed by atoms with E-state index in [1.807, 2.05) is 6.07 Å². The number of likely N-dealkylation sites (N-methyl/N-ethyl adjacent to an activating group) is 1. The van der Waals surface area contributed by atoms with E-state index in [0.717, 1.165) is 12.8 Å². The fourth-order valence-corrected chi connectivity index (χ4v) is 1.74. The van der Waals surface area contributed by atoms with Crippen molar-refractivity contribution in [2.24, 2.45) is 0 Å². The quantitative estimate of drug-likeness (QED) is 0.725. The summed E-state index contributed by atoms with van der Waals surface area (Å²) >= 11 is 0. The average molecular weight is 291 g/mol. The zero-order valence-corrected chi connectivity index (χ0v) is 12.5. The molecule has 0 aliphatic heterocycles. The summed E-state index contributed by atoms with van der Waals surface area (Å²) in [6.45, 7) is 2.90. The number of unbranched alkanes of at least 4 members (excludes halogenated alkanes) is 1. The maximum Gasteiger partial charge on any atom is 0.292 e. The van der Waals surface area contributed by atoms with Crippen LogP contribution in [0.5, 0.6) is 5.75 Å². The van der Waals surface area contributed by atoms with Crippen LogP contribution in [-0.4, -0.2) is 35.6 Å². The predicted octanol–water partition coefficient (Wildman–Crippen LogP) is 1.40. The molecule has 0 bridgehead atoms. The van der Waals surface area contributed by atoms with Gasteiger partial charge in [0.2, 0.25) is 0 Å². The Balaban J connectivity index is 2.61. The second-order valence-electron chi connectivity index (χ2n) is 4.74. The summed E-state index contributed by atoms with van der Waals surface area (Å²) in [5, 5.41) is 8.55. The molecule has 1 aromatic rings. The van der Waals surface area contributed by atoms with Crippen molar-refractivity contribution in [3.63, 3.8) is 0 Å². The lowest BCUT2D eigenvalue weighted by atomic mass is 10.3. The lowest BCUT2D eigenvalue weighted by molar-refractivity contribution is -0.132. The standard InChI is InChI=1S/C15H21N3O3/c1-3-4-9-17(2)14(19)12-21-13-7-5-10-18(15(13)20)11-6-8-16/h5,7,10H,3-4,6,9,11-12H2,1-2H3. The topological polar surface area (TPSA) is 75.3 Å². The van der Waals surface area contributed by atoms with Gasteiger partial charge in [0, 0.05) is 26.3 Å². The highest BCUT2D eigenvalue weighted by Gasteiger charge is 2.11. The maximum atomic E-state index is 12.0. The van der Waals surface area contributed by atoms with Gasteiger partial charge < -0.3 is 14.2 Å². The Hall–Kier alpha value is -2.29. The minimum Gasteiger partial charge on any atom is -0.478 e. The van der Waals surface area contributed by atoms with Crippen LogP contribution in [0.4, 0.5) is 0 Å². The van der Waals surface area contributed by atoms with Crippen LogP contribution in [0, 0.1) is 11.3 Å². The first-order valence-electron chi connectivity index (χ1n) is 7.03. The van der Waals surface area contributed by atoms with E-state index >= 15 is 0 Å². The van der Waals surface area contributed by atoms with Crippen molar-refractivity contribution in [3.05, 3.63) is 28.7 Å². The summed E-state index contributed by atoms with van der Waals surface area (Å²) in [6, 6.07) is 5.18. The van der Waals surface area contributed by atoms with Crippen LogP contribution in [0.1, 0.15) is 26.2 Å². The fraction of sp³-hybridized carbons (Fsp3) is 0.533. The Bertz CT molecular complexity index is 560. The van der Waals surface area contributed by atoms with Crippen molar-refractivity contribution in [1.29, 1.82) is 5.26 Å². The van der Waals surface area contributed by atoms with Gasteiger partial charge in [0.25, 0.3) is 11.5 Å². The monoisotopic (exact) mass is 291 g/mol. The fourth-order valence-electron chi connectivity index (χ4n) is 1.74. The number of aromatic nitrogens is 1. The van der Waals surface area contributed by atoms with Crippen molar-refractivity contribution < 1.29 is 9.53 Å². The van der Waals surface area contributed by atoms with Crippen molar-refractivity contribution in [1.82, 2.24) is 9.47 Å². The zero-order valence-electron chi connectivity index (χ0n) is 12.5. The van der Waals surface area contributed by atoms with Gasteiger partial charge in [-0.2, -0.15) is 5.26 Å². The third kappa shape index (κ3) is 5.30. The molecule has 0 radical (unpaired) electrons. The summed E-state index contributed by atoms with van der Waals surface area (Å²) < 4.78 is 6.72. The Kier molecular flexibility index (Phi) is 7.02. The number of rotatable bonds is 8. The van der Waals surface area contributed by atoms with E-state index < -0.39 is 0 Å². The highest BCUT2D eigenvalue weighted by Crippen LogP contribution is 2.03. The number of hydrogen-bond acceptors (Lipinski definition) is 4. The van der Waals surface area contributed by atoms with Crippen LogP contribution >= 0.6 is 0 Å². The van der Waals surface area contributed by atoms with Crippen molar-refractivity contribution in [3.8, 4) is 11.8 Å². The highest BCUT2D eigenvalue weighted by molar-refractivity contribution is 5.77. The molecule has 114 valence electrons. The second-order valence-corrected chi connectivity index (χ2v) is 4.74. The molecule has 0 saturated heterocycles. The first kappa shape index (κ1) is 16.8.